The number of rotatable bonds is 6. The van der Waals surface area contributed by atoms with Crippen LogP contribution >= 0.6 is 11.6 Å². The molecule has 0 aromatic heterocycles. The third-order valence-electron chi connectivity index (χ3n) is 5.17. The number of anilines is 1. The molecule has 7 nitrogen and oxygen atoms in total. The monoisotopic (exact) mass is 452 g/mol. The summed E-state index contributed by atoms with van der Waals surface area (Å²) in [5, 5.41) is 3.08. The molecule has 0 aliphatic carbocycles. The first-order chi connectivity index (χ1) is 14.3. The number of hydrogen-bond acceptors (Lipinski definition) is 5. The summed E-state index contributed by atoms with van der Waals surface area (Å²) in [5.41, 5.74) is 0.582. The molecule has 1 saturated heterocycles. The van der Waals surface area contributed by atoms with E-state index in [0.717, 1.165) is 19.3 Å². The number of benzene rings is 2. The van der Waals surface area contributed by atoms with E-state index in [1.807, 2.05) is 6.92 Å². The van der Waals surface area contributed by atoms with E-state index in [0.29, 0.717) is 28.8 Å². The Hall–Kier alpha value is -2.29. The summed E-state index contributed by atoms with van der Waals surface area (Å²) in [6.07, 6.45) is 2.68. The van der Waals surface area contributed by atoms with E-state index in [4.69, 9.17) is 21.1 Å². The van der Waals surface area contributed by atoms with Crippen LogP contribution in [-0.2, 0) is 10.0 Å². The van der Waals surface area contributed by atoms with Crippen LogP contribution in [0.15, 0.2) is 41.3 Å². The van der Waals surface area contributed by atoms with Crippen LogP contribution in [0.3, 0.4) is 0 Å². The highest BCUT2D eigenvalue weighted by Gasteiger charge is 2.31. The molecule has 162 valence electrons. The molecule has 0 saturated carbocycles. The number of hydrogen-bond donors (Lipinski definition) is 1. The maximum atomic E-state index is 13.1. The molecule has 30 heavy (non-hydrogen) atoms. The van der Waals surface area contributed by atoms with Crippen LogP contribution in [0.25, 0.3) is 0 Å². The van der Waals surface area contributed by atoms with Crippen LogP contribution in [0, 0.1) is 0 Å². The Morgan fingerprint density at radius 1 is 1.13 bits per heavy atom. The Morgan fingerprint density at radius 2 is 1.87 bits per heavy atom. The number of carbonyl (C=O) groups is 1. The molecule has 1 fully saturated rings. The van der Waals surface area contributed by atoms with Gasteiger partial charge in [0.05, 0.1) is 29.8 Å². The average molecular weight is 453 g/mol. The van der Waals surface area contributed by atoms with E-state index in [-0.39, 0.29) is 16.5 Å². The van der Waals surface area contributed by atoms with Gasteiger partial charge in [-0.05, 0) is 38.0 Å². The SMILES string of the molecule is COc1cc(NC(=O)c2cccc(S(=O)(=O)N3CCCC[C@@H]3C)c2)c(OC)cc1Cl. The predicted molar refractivity (Wildman–Crippen MR) is 116 cm³/mol. The average Bonchev–Trinajstić information content (AvgIpc) is 2.74. The van der Waals surface area contributed by atoms with Crippen molar-refractivity contribution in [2.75, 3.05) is 26.1 Å². The number of sulfonamides is 1. The van der Waals surface area contributed by atoms with Gasteiger partial charge in [0.25, 0.3) is 5.91 Å². The summed E-state index contributed by atoms with van der Waals surface area (Å²) in [6, 6.07) is 9.06. The fourth-order valence-corrected chi connectivity index (χ4v) is 5.49. The third-order valence-corrected chi connectivity index (χ3v) is 7.47. The summed E-state index contributed by atoms with van der Waals surface area (Å²) in [4.78, 5) is 12.9. The fraction of sp³-hybridized carbons (Fsp3) is 0.381. The largest absolute Gasteiger partial charge is 0.495 e. The number of nitrogens with one attached hydrogen (secondary N) is 1. The Bertz CT molecular complexity index is 1040. The van der Waals surface area contributed by atoms with E-state index >= 15 is 0 Å². The maximum absolute atomic E-state index is 13.1. The van der Waals surface area contributed by atoms with Gasteiger partial charge >= 0.3 is 0 Å². The minimum atomic E-state index is -3.68. The molecule has 0 bridgehead atoms. The van der Waals surface area contributed by atoms with E-state index in [2.05, 4.69) is 5.32 Å². The van der Waals surface area contributed by atoms with Crippen molar-refractivity contribution in [1.29, 1.82) is 0 Å². The summed E-state index contributed by atoms with van der Waals surface area (Å²) >= 11 is 6.10. The second-order valence-electron chi connectivity index (χ2n) is 7.13. The van der Waals surface area contributed by atoms with Crippen molar-refractivity contribution in [3.8, 4) is 11.5 Å². The van der Waals surface area contributed by atoms with Gasteiger partial charge in [-0.2, -0.15) is 4.31 Å². The van der Waals surface area contributed by atoms with Crippen molar-refractivity contribution in [2.45, 2.75) is 37.1 Å². The molecule has 3 rings (SSSR count). The van der Waals surface area contributed by atoms with Crippen LogP contribution in [0.5, 0.6) is 11.5 Å². The quantitative estimate of drug-likeness (QED) is 0.710. The lowest BCUT2D eigenvalue weighted by atomic mass is 10.1. The first-order valence-corrected chi connectivity index (χ1v) is 11.4. The highest BCUT2D eigenvalue weighted by Crippen LogP contribution is 2.36. The zero-order valence-corrected chi connectivity index (χ0v) is 18.7. The number of amides is 1. The number of piperidine rings is 1. The molecule has 2 aromatic carbocycles. The molecule has 2 aromatic rings. The first kappa shape index (κ1) is 22.4. The highest BCUT2D eigenvalue weighted by atomic mass is 35.5. The van der Waals surface area contributed by atoms with Crippen molar-refractivity contribution in [2.24, 2.45) is 0 Å². The minimum absolute atomic E-state index is 0.0629. The molecule has 0 spiro atoms. The number of ether oxygens (including phenoxy) is 2. The van der Waals surface area contributed by atoms with Crippen molar-refractivity contribution in [3.63, 3.8) is 0 Å². The van der Waals surface area contributed by atoms with Crippen LogP contribution in [-0.4, -0.2) is 45.4 Å². The van der Waals surface area contributed by atoms with E-state index in [1.54, 1.807) is 18.2 Å². The molecule has 1 aliphatic rings. The molecular formula is C21H25ClN2O5S. The van der Waals surface area contributed by atoms with Crippen molar-refractivity contribution >= 4 is 33.2 Å². The lowest BCUT2D eigenvalue weighted by molar-refractivity contribution is 0.102. The van der Waals surface area contributed by atoms with Crippen molar-refractivity contribution in [1.82, 2.24) is 4.31 Å². The van der Waals surface area contributed by atoms with Gasteiger partial charge in [0.15, 0.2) is 0 Å². The number of nitrogens with zero attached hydrogens (tertiary/aromatic N) is 1. The highest BCUT2D eigenvalue weighted by molar-refractivity contribution is 7.89. The topological polar surface area (TPSA) is 84.9 Å². The van der Waals surface area contributed by atoms with E-state index in [9.17, 15) is 13.2 Å². The van der Waals surface area contributed by atoms with Crippen LogP contribution < -0.4 is 14.8 Å². The normalized spacial score (nSPS) is 17.4. The van der Waals surface area contributed by atoms with Gasteiger partial charge in [-0.1, -0.05) is 24.1 Å². The number of carbonyl (C=O) groups excluding carboxylic acids is 1. The number of halogens is 1. The first-order valence-electron chi connectivity index (χ1n) is 9.62. The van der Waals surface area contributed by atoms with Gasteiger partial charge in [0, 0.05) is 30.3 Å². The molecule has 0 unspecified atom stereocenters. The maximum Gasteiger partial charge on any atom is 0.255 e. The molecule has 1 N–H and O–H groups in total. The van der Waals surface area contributed by atoms with Crippen LogP contribution in [0.4, 0.5) is 5.69 Å². The molecule has 1 heterocycles. The summed E-state index contributed by atoms with van der Waals surface area (Å²) in [6.45, 7) is 2.40. The Balaban J connectivity index is 1.88. The Morgan fingerprint density at radius 3 is 2.53 bits per heavy atom. The molecule has 1 atom stereocenters. The minimum Gasteiger partial charge on any atom is -0.495 e. The fourth-order valence-electron chi connectivity index (χ4n) is 3.51. The second kappa shape index (κ2) is 9.24. The lowest BCUT2D eigenvalue weighted by Crippen LogP contribution is -2.41. The van der Waals surface area contributed by atoms with Gasteiger partial charge < -0.3 is 14.8 Å². The van der Waals surface area contributed by atoms with E-state index in [1.165, 1.54) is 36.7 Å². The summed E-state index contributed by atoms with van der Waals surface area (Å²) in [7, 11) is -0.751. The smallest absolute Gasteiger partial charge is 0.255 e. The molecule has 0 radical (unpaired) electrons. The van der Waals surface area contributed by atoms with Gasteiger partial charge in [-0.3, -0.25) is 4.79 Å². The van der Waals surface area contributed by atoms with E-state index < -0.39 is 15.9 Å². The Kier molecular flexibility index (Phi) is 6.90. The molecule has 9 heteroatoms. The van der Waals surface area contributed by atoms with Gasteiger partial charge in [0.1, 0.15) is 11.5 Å². The number of methoxy groups -OCH3 is 2. The zero-order chi connectivity index (χ0) is 21.9. The zero-order valence-electron chi connectivity index (χ0n) is 17.1. The molecule has 1 aliphatic heterocycles. The Labute approximate surface area is 182 Å². The van der Waals surface area contributed by atoms with Crippen molar-refractivity contribution in [3.05, 3.63) is 47.0 Å². The second-order valence-corrected chi connectivity index (χ2v) is 9.43. The summed E-state index contributed by atoms with van der Waals surface area (Å²) in [5.74, 6) is 0.268. The summed E-state index contributed by atoms with van der Waals surface area (Å²) < 4.78 is 38.2. The van der Waals surface area contributed by atoms with Crippen LogP contribution in [0.2, 0.25) is 5.02 Å². The van der Waals surface area contributed by atoms with Crippen LogP contribution in [0.1, 0.15) is 36.5 Å². The van der Waals surface area contributed by atoms with Gasteiger partial charge in [-0.15, -0.1) is 0 Å². The lowest BCUT2D eigenvalue weighted by Gasteiger charge is -2.32. The van der Waals surface area contributed by atoms with Crippen molar-refractivity contribution < 1.29 is 22.7 Å². The van der Waals surface area contributed by atoms with Gasteiger partial charge in [0.2, 0.25) is 10.0 Å². The molecular weight excluding hydrogens is 428 g/mol. The predicted octanol–water partition coefficient (Wildman–Crippen LogP) is 4.17. The standard InChI is InChI=1S/C21H25ClN2O5S/c1-14-7-4-5-10-24(14)30(26,27)16-9-6-8-15(11-16)21(25)23-18-13-19(28-2)17(22)12-20(18)29-3/h6,8-9,11-14H,4-5,7,10H2,1-3H3,(H,23,25)/t14-/m0/s1. The molecule has 1 amide bonds. The third kappa shape index (κ3) is 4.55. The van der Waals surface area contributed by atoms with Gasteiger partial charge in [-0.25, -0.2) is 8.42 Å².